The van der Waals surface area contributed by atoms with E-state index in [4.69, 9.17) is 5.11 Å². The molecule has 1 unspecified atom stereocenters. The Morgan fingerprint density at radius 2 is 2.28 bits per heavy atom. The highest BCUT2D eigenvalue weighted by atomic mass is 32.2. The van der Waals surface area contributed by atoms with Gasteiger partial charge in [-0.25, -0.2) is 8.42 Å². The van der Waals surface area contributed by atoms with E-state index in [0.29, 0.717) is 22.5 Å². The molecule has 0 spiro atoms. The number of rotatable bonds is 3. The van der Waals surface area contributed by atoms with Crippen LogP contribution in [0.4, 0.5) is 0 Å². The third-order valence-electron chi connectivity index (χ3n) is 2.94. The van der Waals surface area contributed by atoms with Gasteiger partial charge in [-0.05, 0) is 18.6 Å². The maximum atomic E-state index is 12.5. The van der Waals surface area contributed by atoms with Gasteiger partial charge in [-0.2, -0.15) is 16.1 Å². The molecule has 2 heterocycles. The van der Waals surface area contributed by atoms with Crippen molar-refractivity contribution < 1.29 is 13.5 Å². The third-order valence-corrected chi connectivity index (χ3v) is 7.61. The molecule has 7 heteroatoms. The second-order valence-corrected chi connectivity index (χ2v) is 9.22. The lowest BCUT2D eigenvalue weighted by Gasteiger charge is -2.29. The van der Waals surface area contributed by atoms with Gasteiger partial charge in [0.2, 0.25) is 0 Å². The van der Waals surface area contributed by atoms with Gasteiger partial charge in [-0.15, -0.1) is 11.3 Å². The number of hydrogen-bond acceptors (Lipinski definition) is 5. The number of hydrogen-bond donors (Lipinski definition) is 1. The molecule has 1 fully saturated rings. The van der Waals surface area contributed by atoms with Gasteiger partial charge in [0.1, 0.15) is 4.21 Å². The fourth-order valence-electron chi connectivity index (χ4n) is 1.90. The number of thiophene rings is 1. The molecule has 0 radical (unpaired) electrons. The minimum absolute atomic E-state index is 0.0989. The van der Waals surface area contributed by atoms with Crippen LogP contribution in [-0.4, -0.2) is 41.9 Å². The molecule has 0 aliphatic carbocycles. The van der Waals surface area contributed by atoms with Crippen molar-refractivity contribution in [1.29, 1.82) is 0 Å². The second kappa shape index (κ2) is 5.50. The van der Waals surface area contributed by atoms with Crippen LogP contribution in [0.2, 0.25) is 0 Å². The monoisotopic (exact) mass is 307 g/mol. The summed E-state index contributed by atoms with van der Waals surface area (Å²) in [5.41, 5.74) is 0.848. The van der Waals surface area contributed by atoms with Crippen molar-refractivity contribution in [2.45, 2.75) is 29.9 Å². The van der Waals surface area contributed by atoms with Crippen molar-refractivity contribution in [3.8, 4) is 0 Å². The summed E-state index contributed by atoms with van der Waals surface area (Å²) in [5, 5.41) is 9.49. The average Bonchev–Trinajstić information content (AvgIpc) is 2.71. The maximum absolute atomic E-state index is 12.5. The highest BCUT2D eigenvalue weighted by Gasteiger charge is 2.30. The first-order valence-corrected chi connectivity index (χ1v) is 9.07. The van der Waals surface area contributed by atoms with E-state index in [1.165, 1.54) is 11.3 Å². The molecular weight excluding hydrogens is 290 g/mol. The van der Waals surface area contributed by atoms with Crippen LogP contribution in [0.1, 0.15) is 17.4 Å². The van der Waals surface area contributed by atoms with Gasteiger partial charge >= 0.3 is 0 Å². The van der Waals surface area contributed by atoms with Gasteiger partial charge in [-0.3, -0.25) is 0 Å². The molecule has 0 saturated carbocycles. The van der Waals surface area contributed by atoms with Crippen LogP contribution in [0, 0.1) is 6.92 Å². The predicted octanol–water partition coefficient (Wildman–Crippen LogP) is 1.67. The molecule has 0 aromatic carbocycles. The van der Waals surface area contributed by atoms with E-state index in [1.54, 1.807) is 22.1 Å². The predicted molar refractivity (Wildman–Crippen MR) is 75.7 cm³/mol. The van der Waals surface area contributed by atoms with E-state index in [0.717, 1.165) is 16.2 Å². The van der Waals surface area contributed by atoms with Crippen LogP contribution in [0.15, 0.2) is 10.3 Å². The average molecular weight is 307 g/mol. The van der Waals surface area contributed by atoms with Crippen LogP contribution < -0.4 is 0 Å². The van der Waals surface area contributed by atoms with Crippen molar-refractivity contribution in [3.05, 3.63) is 16.5 Å². The molecule has 0 bridgehead atoms. The number of thioether (sulfide) groups is 1. The minimum atomic E-state index is -3.38. The molecule has 102 valence electrons. The zero-order valence-electron chi connectivity index (χ0n) is 10.4. The highest BCUT2D eigenvalue weighted by molar-refractivity contribution is 8.00. The van der Waals surface area contributed by atoms with Gasteiger partial charge in [0, 0.05) is 29.0 Å². The molecular formula is C11H17NO3S3. The summed E-state index contributed by atoms with van der Waals surface area (Å²) >= 11 is 2.98. The summed E-state index contributed by atoms with van der Waals surface area (Å²) < 4.78 is 26.8. The van der Waals surface area contributed by atoms with E-state index in [1.807, 2.05) is 13.8 Å². The van der Waals surface area contributed by atoms with Gasteiger partial charge in [-0.1, -0.05) is 6.92 Å². The third kappa shape index (κ3) is 2.75. The molecule has 1 saturated heterocycles. The molecule has 2 rings (SSSR count). The van der Waals surface area contributed by atoms with Crippen molar-refractivity contribution in [2.75, 3.05) is 18.8 Å². The van der Waals surface area contributed by atoms with Crippen LogP contribution in [0.5, 0.6) is 0 Å². The van der Waals surface area contributed by atoms with Crippen molar-refractivity contribution in [2.24, 2.45) is 0 Å². The zero-order valence-corrected chi connectivity index (χ0v) is 12.9. The molecule has 1 aromatic heterocycles. The topological polar surface area (TPSA) is 57.6 Å². The maximum Gasteiger partial charge on any atom is 0.252 e. The fraction of sp³-hybridized carbons (Fsp3) is 0.636. The summed E-state index contributed by atoms with van der Waals surface area (Å²) in [6.07, 6.45) is 0. The Labute approximate surface area is 116 Å². The molecule has 1 aliphatic rings. The normalized spacial score (nSPS) is 22.3. The van der Waals surface area contributed by atoms with Crippen LogP contribution >= 0.6 is 23.1 Å². The lowest BCUT2D eigenvalue weighted by atomic mass is 10.3. The second-order valence-electron chi connectivity index (χ2n) is 4.37. The number of aryl methyl sites for hydroxylation is 1. The lowest BCUT2D eigenvalue weighted by Crippen LogP contribution is -2.40. The summed E-state index contributed by atoms with van der Waals surface area (Å²) in [4.78, 5) is 0.730. The summed E-state index contributed by atoms with van der Waals surface area (Å²) in [7, 11) is -3.38. The standard InChI is InChI=1S/C11H17NO3S3/c1-8-5-11(17-10(8)7-13)18(14,15)12-3-4-16-9(2)6-12/h5,9,13H,3-4,6-7H2,1-2H3. The van der Waals surface area contributed by atoms with Crippen molar-refractivity contribution >= 4 is 33.1 Å². The van der Waals surface area contributed by atoms with Gasteiger partial charge < -0.3 is 5.11 Å². The highest BCUT2D eigenvalue weighted by Crippen LogP contribution is 2.30. The fourth-order valence-corrected chi connectivity index (χ4v) is 6.26. The van der Waals surface area contributed by atoms with Crippen LogP contribution in [0.3, 0.4) is 0 Å². The molecule has 1 aromatic rings. The Bertz CT molecular complexity index is 524. The Morgan fingerprint density at radius 3 is 2.83 bits per heavy atom. The first-order valence-electron chi connectivity index (χ1n) is 5.77. The Balaban J connectivity index is 2.29. The van der Waals surface area contributed by atoms with E-state index < -0.39 is 10.0 Å². The van der Waals surface area contributed by atoms with Gasteiger partial charge in [0.05, 0.1) is 6.61 Å². The number of aliphatic hydroxyl groups is 1. The van der Waals surface area contributed by atoms with Crippen LogP contribution in [0.25, 0.3) is 0 Å². The molecule has 0 amide bonds. The van der Waals surface area contributed by atoms with E-state index in [2.05, 4.69) is 0 Å². The first-order chi connectivity index (χ1) is 8.45. The van der Waals surface area contributed by atoms with Crippen molar-refractivity contribution in [3.63, 3.8) is 0 Å². The number of sulfonamides is 1. The van der Waals surface area contributed by atoms with E-state index in [-0.39, 0.29) is 6.61 Å². The number of nitrogens with zero attached hydrogens (tertiary/aromatic N) is 1. The zero-order chi connectivity index (χ0) is 13.3. The van der Waals surface area contributed by atoms with E-state index in [9.17, 15) is 8.42 Å². The van der Waals surface area contributed by atoms with E-state index >= 15 is 0 Å². The van der Waals surface area contributed by atoms with Crippen molar-refractivity contribution in [1.82, 2.24) is 4.31 Å². The van der Waals surface area contributed by atoms with Gasteiger partial charge in [0.15, 0.2) is 0 Å². The van der Waals surface area contributed by atoms with Gasteiger partial charge in [0.25, 0.3) is 10.0 Å². The summed E-state index contributed by atoms with van der Waals surface area (Å²) in [6, 6.07) is 1.66. The van der Waals surface area contributed by atoms with Crippen LogP contribution in [-0.2, 0) is 16.6 Å². The minimum Gasteiger partial charge on any atom is -0.391 e. The smallest absolute Gasteiger partial charge is 0.252 e. The molecule has 4 nitrogen and oxygen atoms in total. The lowest BCUT2D eigenvalue weighted by molar-refractivity contribution is 0.285. The molecule has 1 aliphatic heterocycles. The molecule has 18 heavy (non-hydrogen) atoms. The summed E-state index contributed by atoms with van der Waals surface area (Å²) in [6.45, 7) is 4.92. The quantitative estimate of drug-likeness (QED) is 0.923. The largest absolute Gasteiger partial charge is 0.391 e. The summed E-state index contributed by atoms with van der Waals surface area (Å²) in [5.74, 6) is 0.845. The number of aliphatic hydroxyl groups excluding tert-OH is 1. The SMILES string of the molecule is Cc1cc(S(=O)(=O)N2CCSC(C)C2)sc1CO. The molecule has 1 atom stereocenters. The Hall–Kier alpha value is -0.0800. The first kappa shape index (κ1) is 14.3. The molecule has 1 N–H and O–H groups in total. The Morgan fingerprint density at radius 1 is 1.56 bits per heavy atom. The Kier molecular flexibility index (Phi) is 4.38.